The fourth-order valence-corrected chi connectivity index (χ4v) is 4.93. The number of aliphatic hydroxyl groups is 1. The van der Waals surface area contributed by atoms with Gasteiger partial charge in [-0.15, -0.1) is 0 Å². The van der Waals surface area contributed by atoms with Crippen molar-refractivity contribution in [1.29, 1.82) is 0 Å². The van der Waals surface area contributed by atoms with Crippen molar-refractivity contribution in [3.8, 4) is 5.75 Å². The molecular weight excluding hydrogens is 464 g/mol. The van der Waals surface area contributed by atoms with Crippen LogP contribution in [0.25, 0.3) is 0 Å². The monoisotopic (exact) mass is 488 g/mol. The van der Waals surface area contributed by atoms with Gasteiger partial charge in [-0.05, 0) is 73.0 Å². The molecule has 33 heavy (non-hydrogen) atoms. The third-order valence-corrected chi connectivity index (χ3v) is 7.23. The van der Waals surface area contributed by atoms with E-state index in [2.05, 4.69) is 5.32 Å². The fraction of sp³-hybridized carbons (Fsp3) is 0.208. The maximum absolute atomic E-state index is 13.0. The molecule has 0 aliphatic rings. The number of amides is 1. The van der Waals surface area contributed by atoms with Crippen LogP contribution in [-0.2, 0) is 16.3 Å². The summed E-state index contributed by atoms with van der Waals surface area (Å²) in [4.78, 5) is 11.5. The molecule has 3 aromatic carbocycles. The van der Waals surface area contributed by atoms with Crippen molar-refractivity contribution in [2.45, 2.75) is 29.2 Å². The van der Waals surface area contributed by atoms with E-state index in [1.54, 1.807) is 36.4 Å². The predicted octanol–water partition coefficient (Wildman–Crippen LogP) is 3.15. The molecular formula is C24H25ClN2O5S. The van der Waals surface area contributed by atoms with Crippen LogP contribution in [0.5, 0.6) is 5.75 Å². The Balaban J connectivity index is 1.63. The number of benzene rings is 3. The van der Waals surface area contributed by atoms with Crippen molar-refractivity contribution < 1.29 is 23.4 Å². The number of hydrogen-bond donors (Lipinski definition) is 4. The lowest BCUT2D eigenvalue weighted by atomic mass is 10.1. The Labute approximate surface area is 197 Å². The number of sulfone groups is 1. The van der Waals surface area contributed by atoms with E-state index >= 15 is 0 Å². The van der Waals surface area contributed by atoms with Gasteiger partial charge >= 0.3 is 0 Å². The van der Waals surface area contributed by atoms with Crippen molar-refractivity contribution in [2.24, 2.45) is 5.73 Å². The van der Waals surface area contributed by atoms with Crippen molar-refractivity contribution in [1.82, 2.24) is 5.32 Å². The fourth-order valence-electron chi connectivity index (χ4n) is 3.36. The van der Waals surface area contributed by atoms with Gasteiger partial charge in [0.2, 0.25) is 9.84 Å². The number of nitrogens with one attached hydrogen (secondary N) is 1. The first-order chi connectivity index (χ1) is 15.6. The summed E-state index contributed by atoms with van der Waals surface area (Å²) in [5.41, 5.74) is 6.90. The molecule has 1 atom stereocenters. The smallest absolute Gasteiger partial charge is 0.252 e. The summed E-state index contributed by atoms with van der Waals surface area (Å²) in [6.07, 6.45) is -0.0532. The molecule has 174 valence electrons. The lowest BCUT2D eigenvalue weighted by Crippen LogP contribution is -2.23. The topological polar surface area (TPSA) is 130 Å². The molecule has 0 aromatic heterocycles. The number of halogens is 1. The molecule has 0 aliphatic heterocycles. The van der Waals surface area contributed by atoms with E-state index in [0.717, 1.165) is 17.2 Å². The Morgan fingerprint density at radius 2 is 1.79 bits per heavy atom. The molecule has 0 aliphatic carbocycles. The minimum absolute atomic E-state index is 0.0658. The van der Waals surface area contributed by atoms with Crippen LogP contribution in [0.2, 0.25) is 5.02 Å². The first-order valence-electron chi connectivity index (χ1n) is 10.2. The molecule has 9 heteroatoms. The molecule has 7 nitrogen and oxygen atoms in total. The molecule has 0 saturated heterocycles. The minimum atomic E-state index is -3.90. The van der Waals surface area contributed by atoms with E-state index in [9.17, 15) is 23.4 Å². The quantitative estimate of drug-likeness (QED) is 0.342. The van der Waals surface area contributed by atoms with Gasteiger partial charge < -0.3 is 21.3 Å². The van der Waals surface area contributed by atoms with Gasteiger partial charge in [0.1, 0.15) is 5.75 Å². The van der Waals surface area contributed by atoms with Crippen LogP contribution in [0, 0.1) is 6.92 Å². The van der Waals surface area contributed by atoms with Gasteiger partial charge in [0.15, 0.2) is 0 Å². The second-order valence-corrected chi connectivity index (χ2v) is 10.1. The maximum atomic E-state index is 13.0. The van der Waals surface area contributed by atoms with Crippen molar-refractivity contribution in [3.05, 3.63) is 87.9 Å². The minimum Gasteiger partial charge on any atom is -0.507 e. The molecule has 0 saturated carbocycles. The average Bonchev–Trinajstić information content (AvgIpc) is 2.78. The first-order valence-corrected chi connectivity index (χ1v) is 12.1. The zero-order valence-corrected chi connectivity index (χ0v) is 19.5. The SMILES string of the molecule is Cc1cc(S(=O)(=O)c2ccc(CCNC[C@@H](O)c3cccc(Cl)c3)cc2)cc(C(N)=O)c1O. The molecule has 3 rings (SSSR count). The van der Waals surface area contributed by atoms with Crippen LogP contribution in [0.1, 0.15) is 33.2 Å². The van der Waals surface area contributed by atoms with E-state index in [0.29, 0.717) is 24.5 Å². The number of aromatic hydroxyl groups is 1. The summed E-state index contributed by atoms with van der Waals surface area (Å²) >= 11 is 5.94. The summed E-state index contributed by atoms with van der Waals surface area (Å²) in [6, 6.07) is 15.9. The summed E-state index contributed by atoms with van der Waals surface area (Å²) in [5.74, 6) is -1.24. The normalized spacial score (nSPS) is 12.5. The average molecular weight is 489 g/mol. The first kappa shape index (κ1) is 24.7. The Morgan fingerprint density at radius 1 is 1.09 bits per heavy atom. The lowest BCUT2D eigenvalue weighted by Gasteiger charge is -2.13. The highest BCUT2D eigenvalue weighted by atomic mass is 35.5. The van der Waals surface area contributed by atoms with Gasteiger partial charge in [0.05, 0.1) is 21.5 Å². The Hall–Kier alpha value is -2.91. The number of phenols is 1. The summed E-state index contributed by atoms with van der Waals surface area (Å²) in [6.45, 7) is 2.44. The molecule has 0 spiro atoms. The maximum Gasteiger partial charge on any atom is 0.252 e. The van der Waals surface area contributed by atoms with E-state index < -0.39 is 21.8 Å². The van der Waals surface area contributed by atoms with Crippen LogP contribution < -0.4 is 11.1 Å². The van der Waals surface area contributed by atoms with Gasteiger partial charge in [0, 0.05) is 11.6 Å². The third-order valence-electron chi connectivity index (χ3n) is 5.25. The van der Waals surface area contributed by atoms with Gasteiger partial charge in [-0.2, -0.15) is 0 Å². The van der Waals surface area contributed by atoms with Crippen LogP contribution in [0.4, 0.5) is 0 Å². The van der Waals surface area contributed by atoms with Crippen LogP contribution in [0.3, 0.4) is 0 Å². The van der Waals surface area contributed by atoms with Gasteiger partial charge in [0.25, 0.3) is 5.91 Å². The molecule has 0 heterocycles. The number of aryl methyl sites for hydroxylation is 1. The highest BCUT2D eigenvalue weighted by Crippen LogP contribution is 2.29. The summed E-state index contributed by atoms with van der Waals surface area (Å²) in [5, 5.41) is 23.9. The largest absolute Gasteiger partial charge is 0.507 e. The van der Waals surface area contributed by atoms with Crippen molar-refractivity contribution in [2.75, 3.05) is 13.1 Å². The lowest BCUT2D eigenvalue weighted by molar-refractivity contribution is 0.0997. The van der Waals surface area contributed by atoms with Crippen LogP contribution >= 0.6 is 11.6 Å². The molecule has 0 fully saturated rings. The molecule has 5 N–H and O–H groups in total. The Bertz CT molecular complexity index is 1260. The molecule has 0 radical (unpaired) electrons. The zero-order valence-electron chi connectivity index (χ0n) is 18.0. The van der Waals surface area contributed by atoms with E-state index in [1.807, 2.05) is 0 Å². The third kappa shape index (κ3) is 5.91. The highest BCUT2D eigenvalue weighted by Gasteiger charge is 2.22. The Kier molecular flexibility index (Phi) is 7.76. The van der Waals surface area contributed by atoms with Crippen LogP contribution in [0.15, 0.2) is 70.5 Å². The van der Waals surface area contributed by atoms with E-state index in [1.165, 1.54) is 25.1 Å². The highest BCUT2D eigenvalue weighted by molar-refractivity contribution is 7.91. The number of aliphatic hydroxyl groups excluding tert-OH is 1. The summed E-state index contributed by atoms with van der Waals surface area (Å²) in [7, 11) is -3.90. The second-order valence-electron chi connectivity index (χ2n) is 7.67. The van der Waals surface area contributed by atoms with Gasteiger partial charge in [-0.1, -0.05) is 35.9 Å². The second kappa shape index (κ2) is 10.4. The van der Waals surface area contributed by atoms with Gasteiger partial charge in [-0.3, -0.25) is 4.79 Å². The number of hydrogen-bond acceptors (Lipinski definition) is 6. The predicted molar refractivity (Wildman–Crippen MR) is 126 cm³/mol. The molecule has 3 aromatic rings. The van der Waals surface area contributed by atoms with E-state index in [4.69, 9.17) is 17.3 Å². The van der Waals surface area contributed by atoms with Crippen molar-refractivity contribution >= 4 is 27.3 Å². The number of rotatable bonds is 9. The number of primary amides is 1. The Morgan fingerprint density at radius 3 is 2.42 bits per heavy atom. The molecule has 0 bridgehead atoms. The number of carbonyl (C=O) groups is 1. The standard InChI is InChI=1S/C24H25ClN2O5S/c1-15-11-20(13-21(23(15)29)24(26)30)33(31,32)19-7-5-16(6-8-19)9-10-27-14-22(28)17-3-2-4-18(25)12-17/h2-8,11-13,22,27-29H,9-10,14H2,1H3,(H2,26,30)/t22-/m1/s1. The summed E-state index contributed by atoms with van der Waals surface area (Å²) < 4.78 is 26.0. The molecule has 1 amide bonds. The van der Waals surface area contributed by atoms with E-state index in [-0.39, 0.29) is 26.7 Å². The number of carbonyl (C=O) groups excluding carboxylic acids is 1. The van der Waals surface area contributed by atoms with Crippen molar-refractivity contribution in [3.63, 3.8) is 0 Å². The zero-order chi connectivity index (χ0) is 24.2. The van der Waals surface area contributed by atoms with Gasteiger partial charge in [-0.25, -0.2) is 8.42 Å². The van der Waals surface area contributed by atoms with Crippen LogP contribution in [-0.4, -0.2) is 37.6 Å². The number of nitrogens with two attached hydrogens (primary N) is 1. The molecule has 0 unspecified atom stereocenters.